The van der Waals surface area contributed by atoms with Crippen molar-refractivity contribution >= 4 is 66.4 Å². The van der Waals surface area contributed by atoms with Crippen molar-refractivity contribution < 1.29 is 0 Å². The Morgan fingerprint density at radius 3 is 1.32 bits per heavy atom. The van der Waals surface area contributed by atoms with Gasteiger partial charge in [-0.25, -0.2) is 0 Å². The summed E-state index contributed by atoms with van der Waals surface area (Å²) >= 11 is 0. The molecule has 11 aromatic carbocycles. The molecule has 5 aliphatic rings. The smallest absolute Gasteiger partial charge is 0.0540 e. The van der Waals surface area contributed by atoms with Crippen molar-refractivity contribution in [3.8, 4) is 33.4 Å². The molecule has 71 heavy (non-hydrogen) atoms. The van der Waals surface area contributed by atoms with Crippen LogP contribution in [0.15, 0.2) is 231 Å². The average molecular weight is 913 g/mol. The molecule has 0 aliphatic heterocycles. The summed E-state index contributed by atoms with van der Waals surface area (Å²) in [5, 5.41) is 7.55. The predicted molar refractivity (Wildman–Crippen MR) is 300 cm³/mol. The SMILES string of the molecule is C.c1ccc(-c2cccc(N(c3cccc(-c4ccccc4)c3)c3ccc4ccc5c(N(c6ccccc6)c6ccc7c(c6)-c6ccccc6C76C7CC8CC(C7)CC6C8)ccc6ccc3c4c65)c2)cc1. The van der Waals surface area contributed by atoms with Crippen LogP contribution in [0.2, 0.25) is 0 Å². The van der Waals surface area contributed by atoms with Crippen molar-refractivity contribution in [1.29, 1.82) is 0 Å². The van der Waals surface area contributed by atoms with Crippen LogP contribution >= 0.6 is 0 Å². The van der Waals surface area contributed by atoms with Crippen LogP contribution in [-0.4, -0.2) is 0 Å². The summed E-state index contributed by atoms with van der Waals surface area (Å²) in [6.07, 6.45) is 7.02. The fourth-order valence-electron chi connectivity index (χ4n) is 14.8. The molecule has 16 rings (SSSR count). The number of fused-ring (bicyclic) bond motifs is 3. The third-order valence-electron chi connectivity index (χ3n) is 17.3. The second-order valence-corrected chi connectivity index (χ2v) is 20.9. The second-order valence-electron chi connectivity index (χ2n) is 20.9. The molecule has 0 heterocycles. The number of benzene rings is 11. The van der Waals surface area contributed by atoms with E-state index in [4.69, 9.17) is 0 Å². The number of para-hydroxylation sites is 1. The molecular formula is C69H56N2. The van der Waals surface area contributed by atoms with E-state index < -0.39 is 0 Å². The Bertz CT molecular complexity index is 3690. The van der Waals surface area contributed by atoms with E-state index in [1.165, 1.54) is 109 Å². The van der Waals surface area contributed by atoms with Crippen LogP contribution in [0.4, 0.5) is 34.1 Å². The van der Waals surface area contributed by atoms with E-state index in [-0.39, 0.29) is 12.8 Å². The Kier molecular flexibility index (Phi) is 9.65. The van der Waals surface area contributed by atoms with Crippen LogP contribution in [0.1, 0.15) is 50.7 Å². The maximum absolute atomic E-state index is 2.57. The van der Waals surface area contributed by atoms with E-state index in [9.17, 15) is 0 Å². The first-order chi connectivity index (χ1) is 34.7. The minimum Gasteiger partial charge on any atom is -0.310 e. The lowest BCUT2D eigenvalue weighted by molar-refractivity contribution is -0.0399. The zero-order valence-corrected chi connectivity index (χ0v) is 39.2. The van der Waals surface area contributed by atoms with Gasteiger partial charge in [0.15, 0.2) is 0 Å². The molecule has 2 nitrogen and oxygen atoms in total. The molecule has 1 spiro atoms. The van der Waals surface area contributed by atoms with Gasteiger partial charge < -0.3 is 9.80 Å². The minimum atomic E-state index is 0. The molecule has 0 saturated heterocycles. The maximum Gasteiger partial charge on any atom is 0.0540 e. The molecule has 4 fully saturated rings. The molecule has 0 unspecified atom stereocenters. The van der Waals surface area contributed by atoms with Crippen LogP contribution < -0.4 is 9.80 Å². The summed E-state index contributed by atoms with van der Waals surface area (Å²) in [5.41, 5.74) is 18.0. The molecule has 0 amide bonds. The van der Waals surface area contributed by atoms with E-state index in [0.29, 0.717) is 0 Å². The Labute approximate surface area is 417 Å². The third-order valence-corrected chi connectivity index (χ3v) is 17.3. The zero-order valence-electron chi connectivity index (χ0n) is 39.2. The topological polar surface area (TPSA) is 6.48 Å². The molecular weight excluding hydrogens is 857 g/mol. The standard InChI is InChI=1S/C68H52N2.CH4/c1-4-14-46(15-5-1)50-18-12-22-55(41-50)70(56-23-13-19-51(42-56)47-16-6-2-7-17-47)65-35-29-49-26-31-59-64(34-28-48-27-32-60(65)67(49)66(48)59)69(54-20-8-3-9-21-54)57-30-33-63-61(43-57)58-24-10-11-25-62(58)68(63)52-37-44-36-45(39-52)40-53(68)38-44;/h1-35,41-45,52-53H,36-40H2;1H4. The summed E-state index contributed by atoms with van der Waals surface area (Å²) in [4.78, 5) is 5.01. The van der Waals surface area contributed by atoms with Crippen molar-refractivity contribution in [2.45, 2.75) is 44.9 Å². The highest BCUT2D eigenvalue weighted by Crippen LogP contribution is 2.69. The number of nitrogens with zero attached hydrogens (tertiary/aromatic N) is 2. The van der Waals surface area contributed by atoms with E-state index in [1.807, 2.05) is 0 Å². The largest absolute Gasteiger partial charge is 0.310 e. The van der Waals surface area contributed by atoms with Gasteiger partial charge in [0.1, 0.15) is 0 Å². The number of hydrogen-bond acceptors (Lipinski definition) is 2. The Morgan fingerprint density at radius 1 is 0.324 bits per heavy atom. The molecule has 5 aliphatic carbocycles. The monoisotopic (exact) mass is 912 g/mol. The lowest BCUT2D eigenvalue weighted by atomic mass is 9.43. The van der Waals surface area contributed by atoms with Gasteiger partial charge in [-0.3, -0.25) is 0 Å². The van der Waals surface area contributed by atoms with Crippen LogP contribution in [-0.2, 0) is 5.41 Å². The summed E-state index contributed by atoms with van der Waals surface area (Å²) < 4.78 is 0. The predicted octanol–water partition coefficient (Wildman–Crippen LogP) is 19.2. The Morgan fingerprint density at radius 2 is 0.761 bits per heavy atom. The van der Waals surface area contributed by atoms with Crippen molar-refractivity contribution in [2.24, 2.45) is 23.7 Å². The zero-order chi connectivity index (χ0) is 45.9. The van der Waals surface area contributed by atoms with Gasteiger partial charge >= 0.3 is 0 Å². The molecule has 0 N–H and O–H groups in total. The first-order valence-corrected chi connectivity index (χ1v) is 25.6. The molecule has 4 saturated carbocycles. The number of rotatable bonds is 8. The summed E-state index contributed by atoms with van der Waals surface area (Å²) in [6, 6.07) is 86.6. The van der Waals surface area contributed by atoms with Crippen LogP contribution in [0.25, 0.3) is 65.7 Å². The molecule has 0 radical (unpaired) electrons. The van der Waals surface area contributed by atoms with E-state index in [0.717, 1.165) is 46.4 Å². The first kappa shape index (κ1) is 42.0. The molecule has 0 aromatic heterocycles. The normalized spacial score (nSPS) is 20.3. The van der Waals surface area contributed by atoms with Gasteiger partial charge in [0.2, 0.25) is 0 Å². The summed E-state index contributed by atoms with van der Waals surface area (Å²) in [5.74, 6) is 3.31. The van der Waals surface area contributed by atoms with Crippen LogP contribution in [0, 0.1) is 23.7 Å². The van der Waals surface area contributed by atoms with Gasteiger partial charge in [-0.1, -0.05) is 177 Å². The van der Waals surface area contributed by atoms with Gasteiger partial charge in [0.25, 0.3) is 0 Å². The highest BCUT2D eigenvalue weighted by Gasteiger charge is 2.61. The van der Waals surface area contributed by atoms with E-state index in [1.54, 1.807) is 11.1 Å². The fourth-order valence-corrected chi connectivity index (χ4v) is 14.8. The third kappa shape index (κ3) is 6.33. The quantitative estimate of drug-likeness (QED) is 0.140. The molecule has 342 valence electrons. The average Bonchev–Trinajstić information content (AvgIpc) is 3.71. The lowest BCUT2D eigenvalue weighted by Crippen LogP contribution is -2.55. The molecule has 11 aromatic rings. The summed E-state index contributed by atoms with van der Waals surface area (Å²) in [6.45, 7) is 0. The highest BCUT2D eigenvalue weighted by molar-refractivity contribution is 6.28. The molecule has 4 bridgehead atoms. The van der Waals surface area contributed by atoms with E-state index >= 15 is 0 Å². The van der Waals surface area contributed by atoms with Crippen molar-refractivity contribution in [3.63, 3.8) is 0 Å². The first-order valence-electron chi connectivity index (χ1n) is 25.6. The lowest BCUT2D eigenvalue weighted by Gasteiger charge is -2.61. The number of hydrogen-bond donors (Lipinski definition) is 0. The Balaban J connectivity index is 0.00000470. The fraction of sp³-hybridized carbons (Fsp3) is 0.159. The Hall–Kier alpha value is -7.94. The van der Waals surface area contributed by atoms with Gasteiger partial charge in [0, 0.05) is 38.9 Å². The van der Waals surface area contributed by atoms with Gasteiger partial charge in [-0.05, 0) is 182 Å². The molecule has 0 atom stereocenters. The minimum absolute atomic E-state index is 0. The van der Waals surface area contributed by atoms with Crippen LogP contribution in [0.5, 0.6) is 0 Å². The van der Waals surface area contributed by atoms with Gasteiger partial charge in [-0.15, -0.1) is 0 Å². The number of anilines is 6. The highest BCUT2D eigenvalue weighted by atomic mass is 15.2. The van der Waals surface area contributed by atoms with Gasteiger partial charge in [0.05, 0.1) is 11.4 Å². The summed E-state index contributed by atoms with van der Waals surface area (Å²) in [7, 11) is 0. The molecule has 2 heteroatoms. The van der Waals surface area contributed by atoms with Crippen molar-refractivity contribution in [3.05, 3.63) is 242 Å². The van der Waals surface area contributed by atoms with Gasteiger partial charge in [-0.2, -0.15) is 0 Å². The second kappa shape index (κ2) is 16.3. The maximum atomic E-state index is 2.57. The van der Waals surface area contributed by atoms with Crippen molar-refractivity contribution in [2.75, 3.05) is 9.80 Å². The van der Waals surface area contributed by atoms with Crippen LogP contribution in [0.3, 0.4) is 0 Å². The van der Waals surface area contributed by atoms with Crippen molar-refractivity contribution in [1.82, 2.24) is 0 Å². The van der Waals surface area contributed by atoms with E-state index in [2.05, 4.69) is 240 Å².